The maximum Gasteiger partial charge on any atom is 0.321 e. The molecule has 0 radical (unpaired) electrons. The Morgan fingerprint density at radius 2 is 1.56 bits per heavy atom. The van der Waals surface area contributed by atoms with Crippen LogP contribution in [0.4, 0.5) is 0 Å². The molecule has 4 aliphatic rings. The van der Waals surface area contributed by atoms with Gasteiger partial charge in [0.25, 0.3) is 0 Å². The van der Waals surface area contributed by atoms with Crippen molar-refractivity contribution in [3.05, 3.63) is 71.8 Å². The molecule has 6 nitrogen and oxygen atoms in total. The summed E-state index contributed by atoms with van der Waals surface area (Å²) in [7, 11) is 0. The molecule has 1 amide bonds. The molecule has 0 bridgehead atoms. The van der Waals surface area contributed by atoms with E-state index in [1.54, 1.807) is 0 Å². The minimum atomic E-state index is -0.633. The van der Waals surface area contributed by atoms with E-state index in [0.717, 1.165) is 84.1 Å². The normalized spacial score (nSPS) is 28.0. The van der Waals surface area contributed by atoms with E-state index in [1.165, 1.54) is 17.5 Å². The van der Waals surface area contributed by atoms with Gasteiger partial charge in [0.05, 0.1) is 0 Å². The number of likely N-dealkylation sites (tertiary alicyclic amines) is 2. The number of hydrogen-bond acceptors (Lipinski definition) is 4. The van der Waals surface area contributed by atoms with Crippen molar-refractivity contribution < 1.29 is 14.7 Å². The molecule has 1 N–H and O–H groups in total. The lowest BCUT2D eigenvalue weighted by Crippen LogP contribution is -2.50. The highest BCUT2D eigenvalue weighted by atomic mass is 16.4. The van der Waals surface area contributed by atoms with E-state index in [9.17, 15) is 14.7 Å². The molecule has 6 heteroatoms. The fraction of sp³-hybridized carbons (Fsp3) is 0.622. The van der Waals surface area contributed by atoms with Gasteiger partial charge >= 0.3 is 5.97 Å². The number of carbonyl (C=O) groups is 2. The largest absolute Gasteiger partial charge is 0.480 e. The Labute approximate surface area is 258 Å². The lowest BCUT2D eigenvalue weighted by Gasteiger charge is -2.40. The Morgan fingerprint density at radius 1 is 0.907 bits per heavy atom. The van der Waals surface area contributed by atoms with Crippen LogP contribution in [-0.4, -0.2) is 82.5 Å². The molecule has 6 rings (SSSR count). The zero-order chi connectivity index (χ0) is 29.8. The van der Waals surface area contributed by atoms with Gasteiger partial charge in [0.1, 0.15) is 6.04 Å². The monoisotopic (exact) mass is 585 g/mol. The first-order chi connectivity index (χ1) is 21.0. The average molecular weight is 586 g/mol. The van der Waals surface area contributed by atoms with Crippen molar-refractivity contribution >= 4 is 11.9 Å². The highest BCUT2D eigenvalue weighted by molar-refractivity contribution is 5.77. The van der Waals surface area contributed by atoms with Crippen molar-refractivity contribution in [1.82, 2.24) is 14.7 Å². The van der Waals surface area contributed by atoms with Crippen LogP contribution in [0.3, 0.4) is 0 Å². The number of nitrogens with zero attached hydrogens (tertiary/aromatic N) is 3. The Bertz CT molecular complexity index is 1190. The second-order valence-corrected chi connectivity index (χ2v) is 14.0. The quantitative estimate of drug-likeness (QED) is 0.347. The molecule has 5 atom stereocenters. The van der Waals surface area contributed by atoms with Crippen molar-refractivity contribution in [2.45, 2.75) is 95.2 Å². The summed E-state index contributed by atoms with van der Waals surface area (Å²) in [5.41, 5.74) is 2.58. The number of aryl methyl sites for hydroxylation is 1. The number of hydrogen-bond donors (Lipinski definition) is 1. The third kappa shape index (κ3) is 7.34. The van der Waals surface area contributed by atoms with Crippen LogP contribution in [0.15, 0.2) is 60.7 Å². The van der Waals surface area contributed by atoms with Crippen LogP contribution in [-0.2, 0) is 16.0 Å². The number of amides is 1. The first-order valence-electron chi connectivity index (χ1n) is 17.1. The summed E-state index contributed by atoms with van der Waals surface area (Å²) in [6.45, 7) is 7.00. The standard InChI is InChI=1S/C37H51N3O3/c1-27-23-34(27)40(35(41)18-17-28-11-5-2-6-12-28)32-19-21-38(22-20-32)24-31-25-39(26-33(31)29-13-7-3-8-14-29)36(37(42)43)30-15-9-4-10-16-30/h2-3,5-8,11-14,27,30-34,36H,4,9-10,15-26H2,1H3,(H,42,43)/t27?,31-,33+,34?,36+/m0/s1. The van der Waals surface area contributed by atoms with E-state index < -0.39 is 5.97 Å². The van der Waals surface area contributed by atoms with E-state index in [2.05, 4.69) is 76.2 Å². The molecule has 2 aliphatic heterocycles. The van der Waals surface area contributed by atoms with Crippen LogP contribution in [0.1, 0.15) is 81.8 Å². The topological polar surface area (TPSA) is 64.1 Å². The number of carboxylic acids is 1. The lowest BCUT2D eigenvalue weighted by molar-refractivity contribution is -0.145. The van der Waals surface area contributed by atoms with Gasteiger partial charge < -0.3 is 14.9 Å². The van der Waals surface area contributed by atoms with Crippen molar-refractivity contribution in [2.24, 2.45) is 17.8 Å². The van der Waals surface area contributed by atoms with Gasteiger partial charge in [-0.25, -0.2) is 0 Å². The third-order valence-electron chi connectivity index (χ3n) is 11.1. The Balaban J connectivity index is 1.09. The fourth-order valence-electron chi connectivity index (χ4n) is 8.59. The van der Waals surface area contributed by atoms with Crippen LogP contribution in [0, 0.1) is 17.8 Å². The van der Waals surface area contributed by atoms with Gasteiger partial charge in [-0.05, 0) is 67.4 Å². The van der Waals surface area contributed by atoms with E-state index in [0.29, 0.717) is 42.2 Å². The first-order valence-corrected chi connectivity index (χ1v) is 17.1. The summed E-state index contributed by atoms with van der Waals surface area (Å²) in [6.07, 6.45) is 10.3. The zero-order valence-electron chi connectivity index (χ0n) is 26.0. The van der Waals surface area contributed by atoms with Gasteiger partial charge in [-0.3, -0.25) is 14.5 Å². The van der Waals surface area contributed by atoms with Crippen molar-refractivity contribution in [2.75, 3.05) is 32.7 Å². The van der Waals surface area contributed by atoms with Crippen molar-refractivity contribution in [3.63, 3.8) is 0 Å². The maximum absolute atomic E-state index is 13.5. The number of carboxylic acid groups (broad SMARTS) is 1. The first kappa shape index (κ1) is 30.3. The van der Waals surface area contributed by atoms with Gasteiger partial charge in [-0.15, -0.1) is 0 Å². The summed E-state index contributed by atoms with van der Waals surface area (Å²) in [6, 6.07) is 21.6. The minimum Gasteiger partial charge on any atom is -0.480 e. The van der Waals surface area contributed by atoms with Gasteiger partial charge in [0, 0.05) is 57.1 Å². The molecule has 4 fully saturated rings. The van der Waals surface area contributed by atoms with Crippen LogP contribution in [0.2, 0.25) is 0 Å². The summed E-state index contributed by atoms with van der Waals surface area (Å²) < 4.78 is 0. The summed E-state index contributed by atoms with van der Waals surface area (Å²) in [5.74, 6) is 1.35. The van der Waals surface area contributed by atoms with E-state index in [-0.39, 0.29) is 12.0 Å². The smallest absolute Gasteiger partial charge is 0.321 e. The molecular weight excluding hydrogens is 534 g/mol. The van der Waals surface area contributed by atoms with Crippen molar-refractivity contribution in [1.29, 1.82) is 0 Å². The van der Waals surface area contributed by atoms with Crippen LogP contribution >= 0.6 is 0 Å². The van der Waals surface area contributed by atoms with Gasteiger partial charge in [0.15, 0.2) is 0 Å². The second kappa shape index (κ2) is 13.9. The molecule has 2 unspecified atom stereocenters. The van der Waals surface area contributed by atoms with E-state index in [4.69, 9.17) is 0 Å². The molecule has 0 aromatic heterocycles. The average Bonchev–Trinajstić information content (AvgIpc) is 3.60. The van der Waals surface area contributed by atoms with Gasteiger partial charge in [-0.1, -0.05) is 86.8 Å². The summed E-state index contributed by atoms with van der Waals surface area (Å²) in [5, 5.41) is 10.4. The number of aliphatic carboxylic acids is 1. The molecular formula is C37H51N3O3. The Morgan fingerprint density at radius 3 is 2.19 bits per heavy atom. The van der Waals surface area contributed by atoms with Gasteiger partial charge in [-0.2, -0.15) is 0 Å². The number of benzene rings is 2. The van der Waals surface area contributed by atoms with Crippen molar-refractivity contribution in [3.8, 4) is 0 Å². The third-order valence-corrected chi connectivity index (χ3v) is 11.1. The zero-order valence-corrected chi connectivity index (χ0v) is 26.0. The van der Waals surface area contributed by atoms with Crippen LogP contribution < -0.4 is 0 Å². The molecule has 2 heterocycles. The molecule has 2 aliphatic carbocycles. The number of rotatable bonds is 11. The van der Waals surface area contributed by atoms with Crippen LogP contribution in [0.25, 0.3) is 0 Å². The Kier molecular flexibility index (Phi) is 9.84. The molecule has 2 aromatic carbocycles. The highest BCUT2D eigenvalue weighted by Gasteiger charge is 2.45. The second-order valence-electron chi connectivity index (χ2n) is 14.0. The predicted molar refractivity (Wildman–Crippen MR) is 171 cm³/mol. The summed E-state index contributed by atoms with van der Waals surface area (Å²) >= 11 is 0. The molecule has 43 heavy (non-hydrogen) atoms. The predicted octanol–water partition coefficient (Wildman–Crippen LogP) is 6.07. The fourth-order valence-corrected chi connectivity index (χ4v) is 8.59. The molecule has 2 saturated carbocycles. The molecule has 0 spiro atoms. The van der Waals surface area contributed by atoms with E-state index in [1.807, 2.05) is 6.07 Å². The molecule has 2 saturated heterocycles. The molecule has 2 aromatic rings. The van der Waals surface area contributed by atoms with Gasteiger partial charge in [0.2, 0.25) is 5.91 Å². The highest BCUT2D eigenvalue weighted by Crippen LogP contribution is 2.40. The summed E-state index contributed by atoms with van der Waals surface area (Å²) in [4.78, 5) is 33.4. The SMILES string of the molecule is CC1CC1N(C(=O)CCc1ccccc1)C1CCN(C[C@H]2CN([C@@H](C(=O)O)C3CCCCC3)C[C@@H]2c2ccccc2)CC1. The lowest BCUT2D eigenvalue weighted by atomic mass is 9.83. The minimum absolute atomic E-state index is 0.271. The van der Waals surface area contributed by atoms with Crippen LogP contribution in [0.5, 0.6) is 0 Å². The number of piperidine rings is 1. The number of carbonyl (C=O) groups excluding carboxylic acids is 1. The van der Waals surface area contributed by atoms with E-state index >= 15 is 0 Å². The Hall–Kier alpha value is -2.70. The molecule has 232 valence electrons. The maximum atomic E-state index is 13.5.